The summed E-state index contributed by atoms with van der Waals surface area (Å²) in [6.07, 6.45) is 61.0. The third kappa shape index (κ3) is 68.5. The molecule has 0 amide bonds. The average molecular weight is 1060 g/mol. The third-order valence-electron chi connectivity index (χ3n) is 14.1. The molecule has 0 aliphatic rings. The summed E-state index contributed by atoms with van der Waals surface area (Å²) < 4.78 is 11.2. The van der Waals surface area contributed by atoms with Gasteiger partial charge in [0.25, 0.3) is 0 Å². The molecule has 416 valence electrons. The van der Waals surface area contributed by atoms with Gasteiger partial charge in [0.2, 0.25) is 0 Å². The molecule has 2 unspecified atom stereocenters. The van der Waals surface area contributed by atoms with Crippen molar-refractivity contribution in [3.8, 4) is 0 Å². The number of carboxylic acid groups (broad SMARTS) is 2. The first kappa shape index (κ1) is 73.7. The number of aliphatic carboxylic acids is 2. The molecule has 0 aromatic carbocycles. The Balaban J connectivity index is -0.00000128. The first-order valence-electron chi connectivity index (χ1n) is 30.9. The molecule has 0 heterocycles. The molecule has 0 rings (SSSR count). The summed E-state index contributed by atoms with van der Waals surface area (Å²) in [6.45, 7) is 8.60. The van der Waals surface area contributed by atoms with Crippen LogP contribution in [0.4, 0.5) is 0 Å². The van der Waals surface area contributed by atoms with Crippen LogP contribution in [0, 0.1) is 0 Å². The van der Waals surface area contributed by atoms with Gasteiger partial charge in [0.05, 0.1) is 12.2 Å². The van der Waals surface area contributed by atoms with E-state index in [2.05, 4.69) is 13.8 Å². The van der Waals surface area contributed by atoms with Gasteiger partial charge in [-0.3, -0.25) is 9.59 Å². The summed E-state index contributed by atoms with van der Waals surface area (Å²) >= 11 is 0. The smallest absolute Gasteiger partial charge is 0.550 e. The van der Waals surface area contributed by atoms with E-state index >= 15 is 0 Å². The Bertz CT molecular complexity index is 1020. The first-order valence-corrected chi connectivity index (χ1v) is 30.9. The number of hydrogen-bond donors (Lipinski definition) is 0. The molecule has 0 fully saturated rings. The van der Waals surface area contributed by atoms with Crippen LogP contribution in [0.25, 0.3) is 0 Å². The Kier molecular flexibility index (Phi) is 65.2. The Morgan fingerprint density at radius 2 is 0.451 bits per heavy atom. The third-order valence-corrected chi connectivity index (χ3v) is 14.1. The van der Waals surface area contributed by atoms with Crippen LogP contribution < -0.4 is 10.2 Å². The van der Waals surface area contributed by atoms with Crippen LogP contribution in [0.2, 0.25) is 0 Å². The maximum atomic E-state index is 12.0. The van der Waals surface area contributed by atoms with Crippen molar-refractivity contribution in [3.63, 3.8) is 0 Å². The van der Waals surface area contributed by atoms with Crippen LogP contribution in [0.5, 0.6) is 0 Å². The Hall–Kier alpha value is -1.50. The van der Waals surface area contributed by atoms with E-state index in [1.165, 1.54) is 218 Å². The van der Waals surface area contributed by atoms with Gasteiger partial charge < -0.3 is 29.3 Å². The Labute approximate surface area is 453 Å². The zero-order valence-electron chi connectivity index (χ0n) is 47.9. The van der Waals surface area contributed by atoms with Gasteiger partial charge in [-0.1, -0.05) is 271 Å². The number of esters is 2. The molecule has 2 atom stereocenters. The van der Waals surface area contributed by atoms with Crippen LogP contribution in [0.15, 0.2) is 0 Å². The van der Waals surface area contributed by atoms with Crippen LogP contribution in [-0.4, -0.2) is 36.1 Å². The van der Waals surface area contributed by atoms with Gasteiger partial charge in [0.1, 0.15) is 0 Å². The van der Waals surface area contributed by atoms with Crippen molar-refractivity contribution in [1.82, 2.24) is 0 Å². The van der Waals surface area contributed by atoms with Crippen LogP contribution in [0.1, 0.15) is 362 Å². The van der Waals surface area contributed by atoms with Gasteiger partial charge in [0.15, 0.2) is 0 Å². The second kappa shape index (κ2) is 62.8. The number of unbranched alkanes of at least 4 members (excludes halogenated alkanes) is 42. The summed E-state index contributed by atoms with van der Waals surface area (Å²) in [5, 5.41) is 20.7. The summed E-state index contributed by atoms with van der Waals surface area (Å²) in [4.78, 5) is 44.7. The van der Waals surface area contributed by atoms with Crippen molar-refractivity contribution in [3.05, 3.63) is 0 Å². The number of hydrogen-bond acceptors (Lipinski definition) is 8. The number of carbonyl (C=O) groups is 4. The molecule has 0 bridgehead atoms. The van der Waals surface area contributed by atoms with E-state index < -0.39 is 11.9 Å². The van der Waals surface area contributed by atoms with Crippen molar-refractivity contribution in [1.29, 1.82) is 0 Å². The van der Waals surface area contributed by atoms with Crippen molar-refractivity contribution >= 4 is 23.9 Å². The monoisotopic (exact) mass is 1050 g/mol. The number of carbonyl (C=O) groups excluding carboxylic acids is 4. The average Bonchev–Trinajstić information content (AvgIpc) is 3.32. The van der Waals surface area contributed by atoms with Crippen molar-refractivity contribution in [2.45, 2.75) is 374 Å². The minimum Gasteiger partial charge on any atom is -0.550 e. The number of ether oxygens (including phenoxy) is 2. The van der Waals surface area contributed by atoms with Gasteiger partial charge in [-0.15, -0.1) is 0 Å². The molecule has 0 aliphatic carbocycles. The molecule has 0 N–H and O–H groups in total. The van der Waals surface area contributed by atoms with E-state index in [1.807, 2.05) is 13.8 Å². The predicted molar refractivity (Wildman–Crippen MR) is 293 cm³/mol. The molecule has 0 saturated heterocycles. The van der Waals surface area contributed by atoms with Gasteiger partial charge in [-0.05, 0) is 78.1 Å². The Morgan fingerprint density at radius 1 is 0.282 bits per heavy atom. The summed E-state index contributed by atoms with van der Waals surface area (Å²) in [7, 11) is 0. The fourth-order valence-electron chi connectivity index (χ4n) is 9.49. The molecule has 0 aromatic heterocycles. The van der Waals surface area contributed by atoms with E-state index in [-0.39, 0.29) is 56.5 Å². The van der Waals surface area contributed by atoms with E-state index in [0.717, 1.165) is 89.9 Å². The van der Waals surface area contributed by atoms with Gasteiger partial charge in [-0.25, -0.2) is 0 Å². The summed E-state index contributed by atoms with van der Waals surface area (Å²) in [5.74, 6) is -1.85. The first-order chi connectivity index (χ1) is 34.1. The van der Waals surface area contributed by atoms with Crippen LogP contribution >= 0.6 is 0 Å². The number of carboxylic acids is 2. The molecule has 0 spiro atoms. The minimum atomic E-state index is -0.919. The maximum Gasteiger partial charge on any atom is 2.00 e. The topological polar surface area (TPSA) is 133 Å². The largest absolute Gasteiger partial charge is 2.00 e. The van der Waals surface area contributed by atoms with E-state index in [1.54, 1.807) is 0 Å². The minimum absolute atomic E-state index is 0. The second-order valence-electron chi connectivity index (χ2n) is 21.5. The molecule has 71 heavy (non-hydrogen) atoms. The second-order valence-corrected chi connectivity index (χ2v) is 21.5. The molecule has 0 aromatic rings. The van der Waals surface area contributed by atoms with E-state index in [0.29, 0.717) is 12.8 Å². The fourth-order valence-corrected chi connectivity index (χ4v) is 9.49. The summed E-state index contributed by atoms with van der Waals surface area (Å²) in [6, 6.07) is 0. The van der Waals surface area contributed by atoms with Crippen molar-refractivity contribution in [2.75, 3.05) is 0 Å². The van der Waals surface area contributed by atoms with Gasteiger partial charge in [0, 0.05) is 24.8 Å². The molecule has 0 radical (unpaired) electrons. The summed E-state index contributed by atoms with van der Waals surface area (Å²) in [5.41, 5.74) is 0. The molecule has 8 nitrogen and oxygen atoms in total. The van der Waals surface area contributed by atoms with Crippen molar-refractivity contribution in [2.24, 2.45) is 0 Å². The normalized spacial score (nSPS) is 11.9. The molecule has 0 aliphatic heterocycles. The van der Waals surface area contributed by atoms with Gasteiger partial charge >= 0.3 is 31.4 Å². The standard InChI is InChI=1S/2C31H60O4.Zn/c2*1-3-4-5-6-7-8-16-19-22-25-28-31(34)35-29(2)26-23-20-17-14-12-10-9-11-13-15-18-21-24-27-30(32)33;/h2*29H,3-28H2,1-2H3,(H,32,33);/q;;+2/p-2. The molecule has 0 saturated carbocycles. The van der Waals surface area contributed by atoms with E-state index in [4.69, 9.17) is 9.47 Å². The molecular formula is C62H118O8Zn. The number of rotatable bonds is 56. The SMILES string of the molecule is CCCCCCCCCCCCC(=O)OC(C)CCCCCCCCCCCCCCCC(=O)[O-].CCCCCCCCCCCCC(=O)OC(C)CCCCCCCCCCCCCCCC(=O)[O-].[Zn+2]. The Morgan fingerprint density at radius 3 is 0.648 bits per heavy atom. The van der Waals surface area contributed by atoms with Crippen molar-refractivity contribution < 1.29 is 58.3 Å². The van der Waals surface area contributed by atoms with Gasteiger partial charge in [-0.2, -0.15) is 0 Å². The quantitative estimate of drug-likeness (QED) is 0.0334. The predicted octanol–water partition coefficient (Wildman–Crippen LogP) is 17.7. The zero-order valence-corrected chi connectivity index (χ0v) is 50.9. The van der Waals surface area contributed by atoms with E-state index in [9.17, 15) is 29.4 Å². The molecule has 9 heteroatoms. The van der Waals surface area contributed by atoms with Crippen LogP contribution in [-0.2, 0) is 48.1 Å². The fraction of sp³-hybridized carbons (Fsp3) is 0.935. The maximum absolute atomic E-state index is 12.0. The molecular weight excluding hydrogens is 938 g/mol. The zero-order chi connectivity index (χ0) is 51.6. The van der Waals surface area contributed by atoms with Crippen LogP contribution in [0.3, 0.4) is 0 Å².